The Morgan fingerprint density at radius 2 is 1.93 bits per heavy atom. The molecular formula is C24H19N3O2. The van der Waals surface area contributed by atoms with E-state index in [1.165, 1.54) is 0 Å². The average molecular weight is 381 g/mol. The molecular weight excluding hydrogens is 362 g/mol. The fraction of sp³-hybridized carbons (Fsp3) is 0.125. The van der Waals surface area contributed by atoms with Crippen LogP contribution in [0.15, 0.2) is 78.5 Å². The topological polar surface area (TPSA) is 77.2 Å². The summed E-state index contributed by atoms with van der Waals surface area (Å²) in [6.45, 7) is 0.261. The van der Waals surface area contributed by atoms with Gasteiger partial charge in [-0.3, -0.25) is 4.79 Å². The Morgan fingerprint density at radius 1 is 1.10 bits per heavy atom. The number of Topliss-reactive ketones (excluding diaryl/α,β-unsaturated/α-hetero) is 1. The summed E-state index contributed by atoms with van der Waals surface area (Å²) in [6.07, 6.45) is 2.44. The van der Waals surface area contributed by atoms with E-state index in [-0.39, 0.29) is 24.5 Å². The number of aliphatic hydroxyl groups excluding tert-OH is 1. The molecule has 0 bridgehead atoms. The van der Waals surface area contributed by atoms with E-state index in [0.29, 0.717) is 28.9 Å². The molecule has 0 saturated carbocycles. The summed E-state index contributed by atoms with van der Waals surface area (Å²) >= 11 is 0. The number of ketones is 1. The van der Waals surface area contributed by atoms with Crippen molar-refractivity contribution in [2.75, 3.05) is 11.4 Å². The molecule has 1 N–H and O–H groups in total. The van der Waals surface area contributed by atoms with Crippen molar-refractivity contribution in [2.24, 2.45) is 0 Å². The van der Waals surface area contributed by atoms with Crippen molar-refractivity contribution in [3.63, 3.8) is 0 Å². The van der Waals surface area contributed by atoms with Gasteiger partial charge < -0.3 is 10.0 Å². The third kappa shape index (κ3) is 3.74. The molecule has 1 aromatic heterocycles. The molecule has 2 heterocycles. The van der Waals surface area contributed by atoms with Crippen LogP contribution < -0.4 is 4.90 Å². The van der Waals surface area contributed by atoms with Gasteiger partial charge in [0.1, 0.15) is 11.6 Å². The summed E-state index contributed by atoms with van der Waals surface area (Å²) < 4.78 is 0. The standard InChI is InChI=1S/C24H19N3O2/c25-15-18-7-4-6-17(14-18)11-12-22(28)21-16-27(19-8-2-1-3-9-19)24-20(23(21)29)10-5-13-26-24/h1-10,13-14,29H,11-12,16H2. The van der Waals surface area contributed by atoms with Gasteiger partial charge in [-0.15, -0.1) is 0 Å². The molecule has 5 nitrogen and oxygen atoms in total. The SMILES string of the molecule is N#Cc1cccc(CCC(=O)C2=C(O)c3cccnc3N(c3ccccc3)C2)c1. The van der Waals surface area contributed by atoms with Crippen LogP contribution in [0, 0.1) is 11.3 Å². The van der Waals surface area contributed by atoms with E-state index in [0.717, 1.165) is 11.3 Å². The average Bonchev–Trinajstić information content (AvgIpc) is 2.78. The van der Waals surface area contributed by atoms with Crippen LogP contribution in [-0.2, 0) is 11.2 Å². The predicted molar refractivity (Wildman–Crippen MR) is 112 cm³/mol. The largest absolute Gasteiger partial charge is 0.507 e. The fourth-order valence-corrected chi connectivity index (χ4v) is 3.51. The molecule has 29 heavy (non-hydrogen) atoms. The molecule has 1 aliphatic rings. The molecule has 1 aliphatic heterocycles. The molecule has 0 fully saturated rings. The van der Waals surface area contributed by atoms with E-state index in [1.807, 2.05) is 47.4 Å². The van der Waals surface area contributed by atoms with E-state index in [4.69, 9.17) is 5.26 Å². The number of rotatable bonds is 5. The molecule has 0 saturated heterocycles. The quantitative estimate of drug-likeness (QED) is 0.700. The minimum absolute atomic E-state index is 0.00365. The summed E-state index contributed by atoms with van der Waals surface area (Å²) in [4.78, 5) is 19.4. The molecule has 5 heteroatoms. The van der Waals surface area contributed by atoms with Gasteiger partial charge in [0, 0.05) is 18.3 Å². The van der Waals surface area contributed by atoms with Crippen molar-refractivity contribution in [3.05, 3.63) is 95.2 Å². The number of aromatic nitrogens is 1. The second-order valence-electron chi connectivity index (χ2n) is 6.86. The number of nitriles is 1. The van der Waals surface area contributed by atoms with Gasteiger partial charge in [-0.1, -0.05) is 30.3 Å². The summed E-state index contributed by atoms with van der Waals surface area (Å²) in [5.41, 5.74) is 3.34. The lowest BCUT2D eigenvalue weighted by Gasteiger charge is -2.31. The lowest BCUT2D eigenvalue weighted by Crippen LogP contribution is -2.30. The Balaban J connectivity index is 1.62. The minimum Gasteiger partial charge on any atom is -0.507 e. The zero-order valence-corrected chi connectivity index (χ0v) is 15.7. The summed E-state index contributed by atoms with van der Waals surface area (Å²) in [5.74, 6) is 0.519. The smallest absolute Gasteiger partial charge is 0.164 e. The van der Waals surface area contributed by atoms with Crippen LogP contribution >= 0.6 is 0 Å². The van der Waals surface area contributed by atoms with Crippen LogP contribution in [-0.4, -0.2) is 22.4 Å². The van der Waals surface area contributed by atoms with Gasteiger partial charge in [0.05, 0.1) is 29.3 Å². The van der Waals surface area contributed by atoms with Crippen LogP contribution in [0.3, 0.4) is 0 Å². The highest BCUT2D eigenvalue weighted by molar-refractivity contribution is 6.05. The fourth-order valence-electron chi connectivity index (χ4n) is 3.51. The monoisotopic (exact) mass is 381 g/mol. The summed E-state index contributed by atoms with van der Waals surface area (Å²) in [7, 11) is 0. The van der Waals surface area contributed by atoms with Gasteiger partial charge in [0.15, 0.2) is 5.78 Å². The highest BCUT2D eigenvalue weighted by atomic mass is 16.3. The van der Waals surface area contributed by atoms with Crippen LogP contribution in [0.1, 0.15) is 23.1 Å². The van der Waals surface area contributed by atoms with Crippen molar-refractivity contribution in [3.8, 4) is 6.07 Å². The van der Waals surface area contributed by atoms with Crippen molar-refractivity contribution in [1.29, 1.82) is 5.26 Å². The van der Waals surface area contributed by atoms with Crippen molar-refractivity contribution < 1.29 is 9.90 Å². The molecule has 0 aliphatic carbocycles. The number of para-hydroxylation sites is 1. The summed E-state index contributed by atoms with van der Waals surface area (Å²) in [5, 5.41) is 19.8. The van der Waals surface area contributed by atoms with Gasteiger partial charge >= 0.3 is 0 Å². The molecule has 3 aromatic rings. The van der Waals surface area contributed by atoms with Crippen LogP contribution in [0.25, 0.3) is 5.76 Å². The highest BCUT2D eigenvalue weighted by Crippen LogP contribution is 2.36. The maximum Gasteiger partial charge on any atom is 0.164 e. The number of nitrogens with zero attached hydrogens (tertiary/aromatic N) is 3. The Bertz CT molecular complexity index is 1130. The van der Waals surface area contributed by atoms with Crippen molar-refractivity contribution >= 4 is 23.0 Å². The first-order chi connectivity index (χ1) is 14.2. The van der Waals surface area contributed by atoms with E-state index < -0.39 is 0 Å². The van der Waals surface area contributed by atoms with Crippen LogP contribution in [0.5, 0.6) is 0 Å². The number of carbonyl (C=O) groups excluding carboxylic acids is 1. The number of aryl methyl sites for hydroxylation is 1. The molecule has 0 unspecified atom stereocenters. The van der Waals surface area contributed by atoms with E-state index in [9.17, 15) is 9.90 Å². The Labute approximate surface area is 169 Å². The first-order valence-corrected chi connectivity index (χ1v) is 9.39. The third-order valence-corrected chi connectivity index (χ3v) is 5.00. The van der Waals surface area contributed by atoms with E-state index in [1.54, 1.807) is 30.5 Å². The number of hydrogen-bond donors (Lipinski definition) is 1. The Morgan fingerprint density at radius 3 is 2.72 bits per heavy atom. The second kappa shape index (κ2) is 7.99. The number of aliphatic hydroxyl groups is 1. The van der Waals surface area contributed by atoms with Crippen LogP contribution in [0.4, 0.5) is 11.5 Å². The second-order valence-corrected chi connectivity index (χ2v) is 6.86. The molecule has 142 valence electrons. The number of benzene rings is 2. The number of carbonyl (C=O) groups is 1. The predicted octanol–water partition coefficient (Wildman–Crippen LogP) is 4.58. The van der Waals surface area contributed by atoms with E-state index in [2.05, 4.69) is 11.1 Å². The highest BCUT2D eigenvalue weighted by Gasteiger charge is 2.29. The number of fused-ring (bicyclic) bond motifs is 1. The van der Waals surface area contributed by atoms with Gasteiger partial charge in [0.2, 0.25) is 0 Å². The Kier molecular flexibility index (Phi) is 5.08. The maximum atomic E-state index is 13.0. The van der Waals surface area contributed by atoms with Gasteiger partial charge in [-0.25, -0.2) is 4.98 Å². The van der Waals surface area contributed by atoms with Crippen LogP contribution in [0.2, 0.25) is 0 Å². The molecule has 0 atom stereocenters. The van der Waals surface area contributed by atoms with Crippen molar-refractivity contribution in [2.45, 2.75) is 12.8 Å². The maximum absolute atomic E-state index is 13.0. The molecule has 0 spiro atoms. The zero-order chi connectivity index (χ0) is 20.2. The van der Waals surface area contributed by atoms with Gasteiger partial charge in [-0.2, -0.15) is 5.26 Å². The van der Waals surface area contributed by atoms with Crippen molar-refractivity contribution in [1.82, 2.24) is 4.98 Å². The van der Waals surface area contributed by atoms with E-state index >= 15 is 0 Å². The van der Waals surface area contributed by atoms with Gasteiger partial charge in [0.25, 0.3) is 0 Å². The zero-order valence-electron chi connectivity index (χ0n) is 15.7. The lowest BCUT2D eigenvalue weighted by molar-refractivity contribution is -0.115. The third-order valence-electron chi connectivity index (χ3n) is 5.00. The normalized spacial score (nSPS) is 13.0. The Hall–Kier alpha value is -3.91. The molecule has 0 amide bonds. The first-order valence-electron chi connectivity index (χ1n) is 9.39. The first kappa shape index (κ1) is 18.5. The minimum atomic E-state index is -0.111. The number of pyridine rings is 1. The number of anilines is 2. The molecule has 0 radical (unpaired) electrons. The van der Waals surface area contributed by atoms with Gasteiger partial charge in [-0.05, 0) is 48.4 Å². The number of hydrogen-bond acceptors (Lipinski definition) is 5. The lowest BCUT2D eigenvalue weighted by atomic mass is 9.95. The molecule has 2 aromatic carbocycles. The molecule has 4 rings (SSSR count). The summed E-state index contributed by atoms with van der Waals surface area (Å²) in [6, 6.07) is 22.6.